The molecule has 5 nitrogen and oxygen atoms in total. The smallest absolute Gasteiger partial charge is 0.305 e. The van der Waals surface area contributed by atoms with Crippen molar-refractivity contribution in [3.8, 4) is 0 Å². The molecule has 0 spiro atoms. The number of ether oxygens (including phenoxy) is 1. The van der Waals surface area contributed by atoms with Crippen molar-refractivity contribution in [1.82, 2.24) is 5.32 Å². The minimum atomic E-state index is -0.161. The first-order valence-corrected chi connectivity index (χ1v) is 6.94. The molecular formula is C13H25N3O2. The Labute approximate surface area is 109 Å². The summed E-state index contributed by atoms with van der Waals surface area (Å²) in [5.74, 6) is 0.345. The quantitative estimate of drug-likeness (QED) is 0.327. The molecule has 0 unspecified atom stereocenters. The number of carbonyl (C=O) groups excluding carboxylic acids is 1. The maximum Gasteiger partial charge on any atom is 0.305 e. The zero-order valence-electron chi connectivity index (χ0n) is 11.3. The topological polar surface area (TPSA) is 76.7 Å². The molecule has 104 valence electrons. The van der Waals surface area contributed by atoms with Crippen LogP contribution in [0, 0.1) is 0 Å². The van der Waals surface area contributed by atoms with Gasteiger partial charge >= 0.3 is 5.97 Å². The maximum atomic E-state index is 11.1. The number of nitrogens with zero attached hydrogens (tertiary/aromatic N) is 1. The molecule has 0 aromatic carbocycles. The zero-order valence-corrected chi connectivity index (χ0v) is 11.3. The predicted molar refractivity (Wildman–Crippen MR) is 72.4 cm³/mol. The lowest BCUT2D eigenvalue weighted by Crippen LogP contribution is -2.41. The lowest BCUT2D eigenvalue weighted by molar-refractivity contribution is -0.143. The third-order valence-electron chi connectivity index (χ3n) is 3.08. The van der Waals surface area contributed by atoms with E-state index in [0.29, 0.717) is 38.0 Å². The molecule has 0 radical (unpaired) electrons. The van der Waals surface area contributed by atoms with Crippen LogP contribution in [-0.4, -0.2) is 31.1 Å². The van der Waals surface area contributed by atoms with Gasteiger partial charge in [-0.15, -0.1) is 0 Å². The molecule has 0 bridgehead atoms. The first kappa shape index (κ1) is 14.8. The van der Waals surface area contributed by atoms with Crippen molar-refractivity contribution in [3.63, 3.8) is 0 Å². The van der Waals surface area contributed by atoms with Gasteiger partial charge in [0.2, 0.25) is 0 Å². The van der Waals surface area contributed by atoms with E-state index in [1.165, 1.54) is 32.1 Å². The Morgan fingerprint density at radius 1 is 1.39 bits per heavy atom. The summed E-state index contributed by atoms with van der Waals surface area (Å²) in [6, 6.07) is 0.479. The number of guanidine groups is 1. The van der Waals surface area contributed by atoms with Crippen LogP contribution in [-0.2, 0) is 9.53 Å². The molecule has 5 heteroatoms. The van der Waals surface area contributed by atoms with Crippen molar-refractivity contribution in [2.45, 2.75) is 57.9 Å². The predicted octanol–water partition coefficient (Wildman–Crippen LogP) is 1.57. The lowest BCUT2D eigenvalue weighted by atomic mass is 9.96. The highest BCUT2D eigenvalue weighted by Crippen LogP contribution is 2.16. The van der Waals surface area contributed by atoms with Crippen LogP contribution >= 0.6 is 0 Å². The second-order valence-electron chi connectivity index (χ2n) is 4.65. The molecule has 18 heavy (non-hydrogen) atoms. The first-order chi connectivity index (χ1) is 8.72. The summed E-state index contributed by atoms with van der Waals surface area (Å²) in [5, 5.41) is 3.24. The Kier molecular flexibility index (Phi) is 7.22. The van der Waals surface area contributed by atoms with Gasteiger partial charge in [0.1, 0.15) is 0 Å². The molecule has 0 aromatic heterocycles. The second-order valence-corrected chi connectivity index (χ2v) is 4.65. The number of rotatable bonds is 6. The maximum absolute atomic E-state index is 11.1. The van der Waals surface area contributed by atoms with Crippen LogP contribution in [0.4, 0.5) is 0 Å². The summed E-state index contributed by atoms with van der Waals surface area (Å²) in [6.07, 6.45) is 7.33. The molecule has 3 N–H and O–H groups in total. The lowest BCUT2D eigenvalue weighted by Gasteiger charge is -2.23. The number of hydrogen-bond acceptors (Lipinski definition) is 3. The molecule has 1 aliphatic carbocycles. The zero-order chi connectivity index (χ0) is 13.2. The number of hydrogen-bond donors (Lipinski definition) is 2. The standard InChI is InChI=1S/C13H25N3O2/c1-2-18-12(17)9-6-10-15-13(14)16-11-7-4-3-5-8-11/h11H,2-10H2,1H3,(H3,14,15,16). The number of aliphatic imine (C=N–C) groups is 1. The van der Waals surface area contributed by atoms with Gasteiger partial charge in [0.15, 0.2) is 5.96 Å². The summed E-state index contributed by atoms with van der Waals surface area (Å²) in [4.78, 5) is 15.3. The van der Waals surface area contributed by atoms with Gasteiger partial charge in [-0.25, -0.2) is 0 Å². The van der Waals surface area contributed by atoms with Crippen LogP contribution in [0.15, 0.2) is 4.99 Å². The van der Waals surface area contributed by atoms with E-state index < -0.39 is 0 Å². The van der Waals surface area contributed by atoms with Crippen molar-refractivity contribution in [3.05, 3.63) is 0 Å². The van der Waals surface area contributed by atoms with Crippen molar-refractivity contribution in [1.29, 1.82) is 0 Å². The Morgan fingerprint density at radius 2 is 2.11 bits per heavy atom. The molecule has 1 fully saturated rings. The largest absolute Gasteiger partial charge is 0.466 e. The van der Waals surface area contributed by atoms with Gasteiger partial charge in [-0.3, -0.25) is 9.79 Å². The average molecular weight is 255 g/mol. The summed E-state index contributed by atoms with van der Waals surface area (Å²) in [6.45, 7) is 2.82. The van der Waals surface area contributed by atoms with Gasteiger partial charge in [-0.2, -0.15) is 0 Å². The molecule has 0 amide bonds. The van der Waals surface area contributed by atoms with Gasteiger partial charge in [0.25, 0.3) is 0 Å². The monoisotopic (exact) mass is 255 g/mol. The SMILES string of the molecule is CCOC(=O)CCCN=C(N)NC1CCCCC1. The highest BCUT2D eigenvalue weighted by molar-refractivity contribution is 5.78. The Hall–Kier alpha value is -1.26. The van der Waals surface area contributed by atoms with Crippen molar-refractivity contribution >= 4 is 11.9 Å². The van der Waals surface area contributed by atoms with Crippen molar-refractivity contribution < 1.29 is 9.53 Å². The van der Waals surface area contributed by atoms with Gasteiger partial charge in [-0.05, 0) is 26.2 Å². The van der Waals surface area contributed by atoms with Crippen molar-refractivity contribution in [2.75, 3.05) is 13.2 Å². The normalized spacial score (nSPS) is 17.5. The van der Waals surface area contributed by atoms with Crippen molar-refractivity contribution in [2.24, 2.45) is 10.7 Å². The van der Waals surface area contributed by atoms with E-state index in [4.69, 9.17) is 10.5 Å². The minimum Gasteiger partial charge on any atom is -0.466 e. The molecule has 0 aliphatic heterocycles. The Balaban J connectivity index is 2.11. The number of nitrogens with two attached hydrogens (primary N) is 1. The van der Waals surface area contributed by atoms with Gasteiger partial charge in [-0.1, -0.05) is 19.3 Å². The molecule has 0 saturated heterocycles. The highest BCUT2D eigenvalue weighted by atomic mass is 16.5. The number of nitrogens with one attached hydrogen (secondary N) is 1. The van der Waals surface area contributed by atoms with E-state index in [2.05, 4.69) is 10.3 Å². The fraction of sp³-hybridized carbons (Fsp3) is 0.846. The van der Waals surface area contributed by atoms with E-state index >= 15 is 0 Å². The van der Waals surface area contributed by atoms with Crippen LogP contribution < -0.4 is 11.1 Å². The minimum absolute atomic E-state index is 0.161. The van der Waals surface area contributed by atoms with E-state index in [-0.39, 0.29) is 5.97 Å². The fourth-order valence-electron chi connectivity index (χ4n) is 2.16. The van der Waals surface area contributed by atoms with Gasteiger partial charge in [0, 0.05) is 19.0 Å². The number of carbonyl (C=O) groups is 1. The average Bonchev–Trinajstić information content (AvgIpc) is 2.36. The molecule has 1 rings (SSSR count). The molecule has 0 atom stereocenters. The van der Waals surface area contributed by atoms with Crippen LogP contribution in [0.2, 0.25) is 0 Å². The summed E-state index contributed by atoms with van der Waals surface area (Å²) in [5.41, 5.74) is 5.80. The van der Waals surface area contributed by atoms with Gasteiger partial charge in [0.05, 0.1) is 6.61 Å². The van der Waals surface area contributed by atoms with E-state index in [0.717, 1.165) is 0 Å². The molecular weight excluding hydrogens is 230 g/mol. The van der Waals surface area contributed by atoms with Crippen LogP contribution in [0.3, 0.4) is 0 Å². The van der Waals surface area contributed by atoms with Crippen LogP contribution in [0.5, 0.6) is 0 Å². The van der Waals surface area contributed by atoms with E-state index in [1.54, 1.807) is 0 Å². The van der Waals surface area contributed by atoms with E-state index in [1.807, 2.05) is 6.92 Å². The summed E-state index contributed by atoms with van der Waals surface area (Å²) >= 11 is 0. The summed E-state index contributed by atoms with van der Waals surface area (Å²) in [7, 11) is 0. The van der Waals surface area contributed by atoms with Crippen LogP contribution in [0.1, 0.15) is 51.9 Å². The highest BCUT2D eigenvalue weighted by Gasteiger charge is 2.13. The van der Waals surface area contributed by atoms with Gasteiger partial charge < -0.3 is 15.8 Å². The Morgan fingerprint density at radius 3 is 2.78 bits per heavy atom. The second kappa shape index (κ2) is 8.78. The van der Waals surface area contributed by atoms with Crippen LogP contribution in [0.25, 0.3) is 0 Å². The Bertz CT molecular complexity index is 273. The molecule has 0 aromatic rings. The summed E-state index contributed by atoms with van der Waals surface area (Å²) < 4.78 is 4.84. The first-order valence-electron chi connectivity index (χ1n) is 6.94. The molecule has 1 aliphatic rings. The third-order valence-corrected chi connectivity index (χ3v) is 3.08. The fourth-order valence-corrected chi connectivity index (χ4v) is 2.16. The van der Waals surface area contributed by atoms with E-state index in [9.17, 15) is 4.79 Å². The number of esters is 1. The molecule has 0 heterocycles. The molecule has 1 saturated carbocycles. The third kappa shape index (κ3) is 6.47.